The molecule has 0 bridgehead atoms. The Morgan fingerprint density at radius 2 is 1.97 bits per heavy atom. The quantitative estimate of drug-likeness (QED) is 0.415. The van der Waals surface area contributed by atoms with Crippen LogP contribution in [0.5, 0.6) is 5.75 Å². The fourth-order valence-corrected chi connectivity index (χ4v) is 3.89. The predicted molar refractivity (Wildman–Crippen MR) is 117 cm³/mol. The maximum Gasteiger partial charge on any atom is 0.295 e. The van der Waals surface area contributed by atoms with E-state index in [2.05, 4.69) is 4.98 Å². The van der Waals surface area contributed by atoms with Gasteiger partial charge in [-0.2, -0.15) is 0 Å². The monoisotopic (exact) mass is 424 g/mol. The zero-order valence-corrected chi connectivity index (χ0v) is 18.5. The lowest BCUT2D eigenvalue weighted by Gasteiger charge is -2.25. The maximum absolute atomic E-state index is 13.1. The largest absolute Gasteiger partial charge is 0.507 e. The van der Waals surface area contributed by atoms with Crippen molar-refractivity contribution < 1.29 is 24.2 Å². The van der Waals surface area contributed by atoms with Gasteiger partial charge in [-0.1, -0.05) is 12.1 Å². The molecule has 1 fully saturated rings. The van der Waals surface area contributed by atoms with E-state index in [9.17, 15) is 14.7 Å². The lowest BCUT2D eigenvalue weighted by atomic mass is 9.96. The fraction of sp³-hybridized carbons (Fsp3) is 0.375. The number of benzene rings is 1. The lowest BCUT2D eigenvalue weighted by molar-refractivity contribution is -0.140. The van der Waals surface area contributed by atoms with Gasteiger partial charge in [0.05, 0.1) is 36.7 Å². The van der Waals surface area contributed by atoms with Crippen LogP contribution in [0, 0.1) is 13.8 Å². The van der Waals surface area contributed by atoms with E-state index in [1.54, 1.807) is 30.5 Å². The molecule has 1 aliphatic heterocycles. The van der Waals surface area contributed by atoms with Crippen LogP contribution in [0.25, 0.3) is 5.76 Å². The summed E-state index contributed by atoms with van der Waals surface area (Å²) in [6, 6.07) is 8.12. The number of Topliss-reactive ketones (excluding diaryl/α,β-unsaturated/α-hetero) is 1. The highest BCUT2D eigenvalue weighted by molar-refractivity contribution is 6.46. The van der Waals surface area contributed by atoms with E-state index in [4.69, 9.17) is 9.47 Å². The number of carbonyl (C=O) groups excluding carboxylic acids is 2. The molecular weight excluding hydrogens is 396 g/mol. The van der Waals surface area contributed by atoms with Crippen molar-refractivity contribution in [1.29, 1.82) is 0 Å². The minimum absolute atomic E-state index is 0.00320. The molecule has 1 N–H and O–H groups in total. The van der Waals surface area contributed by atoms with Gasteiger partial charge in [0.15, 0.2) is 0 Å². The summed E-state index contributed by atoms with van der Waals surface area (Å²) in [6.45, 7) is 8.01. The van der Waals surface area contributed by atoms with Gasteiger partial charge in [0.2, 0.25) is 0 Å². The SMILES string of the molecule is COc1c(C)cc(C)cc1/C(O)=C1\C(=O)C(=O)N(CCOC(C)C)C1c1ccccn1. The molecule has 3 rings (SSSR count). The number of ketones is 1. The summed E-state index contributed by atoms with van der Waals surface area (Å²) in [7, 11) is 1.51. The number of hydrogen-bond acceptors (Lipinski definition) is 6. The van der Waals surface area contributed by atoms with Crippen LogP contribution in [0.15, 0.2) is 42.1 Å². The molecule has 1 saturated heterocycles. The molecule has 164 valence electrons. The molecule has 1 aliphatic rings. The number of aryl methyl sites for hydroxylation is 2. The number of carbonyl (C=O) groups is 2. The molecule has 0 aliphatic carbocycles. The van der Waals surface area contributed by atoms with Crippen LogP contribution in [-0.4, -0.2) is 53.0 Å². The van der Waals surface area contributed by atoms with Gasteiger partial charge in [0.1, 0.15) is 17.6 Å². The molecule has 7 heteroatoms. The molecular formula is C24H28N2O5. The zero-order chi connectivity index (χ0) is 22.7. The number of rotatable bonds is 7. The Bertz CT molecular complexity index is 1010. The summed E-state index contributed by atoms with van der Waals surface area (Å²) in [4.78, 5) is 31.8. The molecule has 1 atom stereocenters. The standard InChI is InChI=1S/C24H28N2O5/c1-14(2)31-11-10-26-20(18-8-6-7-9-25-18)19(22(28)24(26)29)21(27)17-13-15(3)12-16(4)23(17)30-5/h6-9,12-14,20,27H,10-11H2,1-5H3/b21-19+. The van der Waals surface area contributed by atoms with Gasteiger partial charge in [-0.3, -0.25) is 14.6 Å². The van der Waals surface area contributed by atoms with Crippen molar-refractivity contribution in [3.63, 3.8) is 0 Å². The molecule has 1 amide bonds. The third-order valence-electron chi connectivity index (χ3n) is 5.17. The number of hydrogen-bond donors (Lipinski definition) is 1. The minimum Gasteiger partial charge on any atom is -0.507 e. The number of ether oxygens (including phenoxy) is 2. The maximum atomic E-state index is 13.1. The van der Waals surface area contributed by atoms with Gasteiger partial charge in [-0.25, -0.2) is 0 Å². The second-order valence-electron chi connectivity index (χ2n) is 7.83. The molecule has 1 aromatic heterocycles. The molecule has 0 spiro atoms. The Hall–Kier alpha value is -3.19. The zero-order valence-electron chi connectivity index (χ0n) is 18.5. The van der Waals surface area contributed by atoms with Crippen molar-refractivity contribution >= 4 is 17.4 Å². The summed E-state index contributed by atoms with van der Waals surface area (Å²) in [6.07, 6.45) is 1.59. The van der Waals surface area contributed by atoms with E-state index in [1.165, 1.54) is 12.0 Å². The van der Waals surface area contributed by atoms with Crippen molar-refractivity contribution in [2.75, 3.05) is 20.3 Å². The van der Waals surface area contributed by atoms with E-state index in [1.807, 2.05) is 33.8 Å². The highest BCUT2D eigenvalue weighted by Crippen LogP contribution is 2.41. The van der Waals surface area contributed by atoms with Crippen molar-refractivity contribution in [3.8, 4) is 5.75 Å². The third kappa shape index (κ3) is 4.46. The van der Waals surface area contributed by atoms with Gasteiger partial charge in [0, 0.05) is 12.7 Å². The van der Waals surface area contributed by atoms with Crippen molar-refractivity contribution in [1.82, 2.24) is 9.88 Å². The molecule has 31 heavy (non-hydrogen) atoms. The van der Waals surface area contributed by atoms with Crippen LogP contribution >= 0.6 is 0 Å². The number of nitrogens with zero attached hydrogens (tertiary/aromatic N) is 2. The number of pyridine rings is 1. The smallest absolute Gasteiger partial charge is 0.295 e. The molecule has 2 heterocycles. The summed E-state index contributed by atoms with van der Waals surface area (Å²) in [5, 5.41) is 11.3. The Labute approximate surface area is 182 Å². The first-order chi connectivity index (χ1) is 14.8. The molecule has 0 radical (unpaired) electrons. The second-order valence-corrected chi connectivity index (χ2v) is 7.83. The number of likely N-dealkylation sites (tertiary alicyclic amines) is 1. The Balaban J connectivity index is 2.17. The van der Waals surface area contributed by atoms with Gasteiger partial charge < -0.3 is 19.5 Å². The van der Waals surface area contributed by atoms with Crippen LogP contribution < -0.4 is 4.74 Å². The number of aliphatic hydroxyl groups excluding tert-OH is 1. The van der Waals surface area contributed by atoms with Crippen LogP contribution in [0.4, 0.5) is 0 Å². The Morgan fingerprint density at radius 3 is 2.58 bits per heavy atom. The first kappa shape index (κ1) is 22.5. The average molecular weight is 424 g/mol. The Kier molecular flexibility index (Phi) is 6.75. The Morgan fingerprint density at radius 1 is 1.23 bits per heavy atom. The first-order valence-electron chi connectivity index (χ1n) is 10.2. The second kappa shape index (κ2) is 9.31. The van der Waals surface area contributed by atoms with E-state index in [0.29, 0.717) is 17.0 Å². The van der Waals surface area contributed by atoms with Gasteiger partial charge >= 0.3 is 0 Å². The highest BCUT2D eigenvalue weighted by Gasteiger charge is 2.46. The highest BCUT2D eigenvalue weighted by atomic mass is 16.5. The number of methoxy groups -OCH3 is 1. The lowest BCUT2D eigenvalue weighted by Crippen LogP contribution is -2.33. The van der Waals surface area contributed by atoms with Crippen molar-refractivity contribution in [2.24, 2.45) is 0 Å². The van der Waals surface area contributed by atoms with Crippen molar-refractivity contribution in [3.05, 3.63) is 64.5 Å². The minimum atomic E-state index is -0.817. The molecule has 7 nitrogen and oxygen atoms in total. The van der Waals surface area contributed by atoms with Crippen LogP contribution in [0.2, 0.25) is 0 Å². The van der Waals surface area contributed by atoms with Gasteiger partial charge in [-0.05, 0) is 57.0 Å². The average Bonchev–Trinajstić information content (AvgIpc) is 2.98. The topological polar surface area (TPSA) is 89.0 Å². The number of amides is 1. The van der Waals surface area contributed by atoms with Crippen LogP contribution in [0.1, 0.15) is 42.3 Å². The van der Waals surface area contributed by atoms with Gasteiger partial charge in [0.25, 0.3) is 11.7 Å². The van der Waals surface area contributed by atoms with E-state index >= 15 is 0 Å². The van der Waals surface area contributed by atoms with Crippen molar-refractivity contribution in [2.45, 2.75) is 39.8 Å². The molecule has 0 saturated carbocycles. The number of aliphatic hydroxyl groups is 1. The molecule has 1 aromatic carbocycles. The first-order valence-corrected chi connectivity index (χ1v) is 10.2. The summed E-state index contributed by atoms with van der Waals surface area (Å²) < 4.78 is 11.1. The van der Waals surface area contributed by atoms with E-state index < -0.39 is 17.7 Å². The van der Waals surface area contributed by atoms with E-state index in [-0.39, 0.29) is 30.6 Å². The third-order valence-corrected chi connectivity index (χ3v) is 5.17. The summed E-state index contributed by atoms with van der Waals surface area (Å²) >= 11 is 0. The molecule has 1 unspecified atom stereocenters. The number of aromatic nitrogens is 1. The van der Waals surface area contributed by atoms with Crippen LogP contribution in [-0.2, 0) is 14.3 Å². The summed E-state index contributed by atoms with van der Waals surface area (Å²) in [5.41, 5.74) is 2.58. The summed E-state index contributed by atoms with van der Waals surface area (Å²) in [5.74, 6) is -1.26. The van der Waals surface area contributed by atoms with Crippen LogP contribution in [0.3, 0.4) is 0 Å². The normalized spacial score (nSPS) is 18.1. The van der Waals surface area contributed by atoms with E-state index in [0.717, 1.165) is 11.1 Å². The van der Waals surface area contributed by atoms with Gasteiger partial charge in [-0.15, -0.1) is 0 Å². The molecule has 2 aromatic rings. The fourth-order valence-electron chi connectivity index (χ4n) is 3.89. The predicted octanol–water partition coefficient (Wildman–Crippen LogP) is 3.55.